The zero-order chi connectivity index (χ0) is 25.6. The van der Waals surface area contributed by atoms with Crippen molar-refractivity contribution < 1.29 is 24.2 Å². The molecule has 0 unspecified atom stereocenters. The second kappa shape index (κ2) is 8.64. The van der Waals surface area contributed by atoms with Crippen molar-refractivity contribution in [1.29, 1.82) is 0 Å². The Balaban J connectivity index is 1.65. The van der Waals surface area contributed by atoms with Gasteiger partial charge in [-0.2, -0.15) is 0 Å². The number of carbonyl (C=O) groups excluding carboxylic acids is 3. The molecule has 2 heterocycles. The van der Waals surface area contributed by atoms with Crippen molar-refractivity contribution in [2.45, 2.75) is 0 Å². The highest BCUT2D eigenvalue weighted by molar-refractivity contribution is 8.18. The number of nitrogens with zero attached hydrogens (tertiary/aromatic N) is 5. The molecule has 1 saturated heterocycles. The van der Waals surface area contributed by atoms with E-state index in [0.717, 1.165) is 12.1 Å². The van der Waals surface area contributed by atoms with E-state index in [2.05, 4.69) is 0 Å². The third-order valence-corrected chi connectivity index (χ3v) is 6.39. The SMILES string of the molecule is Cn1c(=O)n(C)c2cc([N+](=O)[O-])c(/C=C3\SC(=O)N(CC(=O)c4ccc([N+](=O)[O-])cc4)C3=O)cc21. The van der Waals surface area contributed by atoms with E-state index >= 15 is 0 Å². The molecule has 13 nitrogen and oxygen atoms in total. The van der Waals surface area contributed by atoms with Crippen molar-refractivity contribution >= 4 is 57.2 Å². The van der Waals surface area contributed by atoms with Gasteiger partial charge < -0.3 is 0 Å². The molecule has 0 atom stereocenters. The number of hydrogen-bond donors (Lipinski definition) is 0. The van der Waals surface area contributed by atoms with Crippen LogP contribution in [0.25, 0.3) is 17.1 Å². The number of hydrogen-bond acceptors (Lipinski definition) is 9. The minimum Gasteiger partial charge on any atom is -0.295 e. The summed E-state index contributed by atoms with van der Waals surface area (Å²) in [5.74, 6) is -1.43. The van der Waals surface area contributed by atoms with Gasteiger partial charge in [0.1, 0.15) is 0 Å². The fourth-order valence-corrected chi connectivity index (χ4v) is 4.43. The van der Waals surface area contributed by atoms with Crippen LogP contribution in [0.3, 0.4) is 0 Å². The van der Waals surface area contributed by atoms with E-state index in [0.29, 0.717) is 27.7 Å². The third-order valence-electron chi connectivity index (χ3n) is 5.48. The summed E-state index contributed by atoms with van der Waals surface area (Å²) < 4.78 is 2.55. The number of aryl methyl sites for hydroxylation is 2. The molecule has 35 heavy (non-hydrogen) atoms. The third kappa shape index (κ3) is 4.10. The lowest BCUT2D eigenvalue weighted by Crippen LogP contribution is -2.33. The van der Waals surface area contributed by atoms with Gasteiger partial charge in [0.05, 0.1) is 37.9 Å². The Morgan fingerprint density at radius 1 is 0.971 bits per heavy atom. The average Bonchev–Trinajstić information content (AvgIpc) is 3.20. The molecule has 0 N–H and O–H groups in total. The van der Waals surface area contributed by atoms with Crippen LogP contribution in [0.2, 0.25) is 0 Å². The standard InChI is InChI=1S/C21H15N5O8S/c1-22-15-7-12(14(26(33)34)9-16(15)23(2)20(22)29)8-18-19(28)24(21(30)35-18)10-17(27)11-3-5-13(6-4-11)25(31)32/h3-9H,10H2,1-2H3/b18-8-. The number of Topliss-reactive ketones (excluding diaryl/α,β-unsaturated/α-hetero) is 1. The van der Waals surface area contributed by atoms with Gasteiger partial charge in [-0.15, -0.1) is 0 Å². The highest BCUT2D eigenvalue weighted by Gasteiger charge is 2.37. The quantitative estimate of drug-likeness (QED) is 0.215. The van der Waals surface area contributed by atoms with Crippen LogP contribution < -0.4 is 5.69 Å². The fraction of sp³-hybridized carbons (Fsp3) is 0.143. The molecular weight excluding hydrogens is 482 g/mol. The highest BCUT2D eigenvalue weighted by Crippen LogP contribution is 2.35. The molecule has 3 aromatic rings. The number of nitro benzene ring substituents is 2. The predicted molar refractivity (Wildman–Crippen MR) is 125 cm³/mol. The second-order valence-corrected chi connectivity index (χ2v) is 8.55. The normalized spacial score (nSPS) is 14.8. The number of ketones is 1. The largest absolute Gasteiger partial charge is 0.328 e. The van der Waals surface area contributed by atoms with Crippen molar-refractivity contribution in [3.8, 4) is 0 Å². The Morgan fingerprint density at radius 2 is 1.57 bits per heavy atom. The van der Waals surface area contributed by atoms with Gasteiger partial charge in [-0.25, -0.2) is 4.79 Å². The number of amides is 2. The number of aromatic nitrogens is 2. The van der Waals surface area contributed by atoms with Crippen molar-refractivity contribution in [1.82, 2.24) is 14.0 Å². The number of non-ortho nitro benzene ring substituents is 1. The molecule has 0 spiro atoms. The van der Waals surface area contributed by atoms with Gasteiger partial charge in [0, 0.05) is 37.9 Å². The van der Waals surface area contributed by atoms with Gasteiger partial charge in [-0.1, -0.05) is 0 Å². The highest BCUT2D eigenvalue weighted by atomic mass is 32.2. The minimum atomic E-state index is -0.813. The number of carbonyl (C=O) groups is 3. The van der Waals surface area contributed by atoms with Crippen molar-refractivity contribution in [2.24, 2.45) is 14.1 Å². The smallest absolute Gasteiger partial charge is 0.295 e. The van der Waals surface area contributed by atoms with Gasteiger partial charge in [0.25, 0.3) is 22.5 Å². The maximum atomic E-state index is 12.8. The van der Waals surface area contributed by atoms with Gasteiger partial charge in [0.15, 0.2) is 5.78 Å². The molecule has 0 bridgehead atoms. The molecule has 4 rings (SSSR count). The summed E-state index contributed by atoms with van der Waals surface area (Å²) in [6, 6.07) is 7.30. The van der Waals surface area contributed by atoms with E-state index in [1.165, 1.54) is 53.6 Å². The van der Waals surface area contributed by atoms with E-state index < -0.39 is 39.0 Å². The first-order valence-corrected chi connectivity index (χ1v) is 10.7. The summed E-state index contributed by atoms with van der Waals surface area (Å²) in [7, 11) is 2.97. The van der Waals surface area contributed by atoms with Crippen molar-refractivity contribution in [2.75, 3.05) is 6.54 Å². The Hall–Kier alpha value is -4.59. The van der Waals surface area contributed by atoms with Gasteiger partial charge >= 0.3 is 5.69 Å². The molecule has 1 aliphatic heterocycles. The van der Waals surface area contributed by atoms with E-state index in [1.807, 2.05) is 0 Å². The maximum Gasteiger partial charge on any atom is 0.328 e. The average molecular weight is 497 g/mol. The van der Waals surface area contributed by atoms with Crippen LogP contribution in [0.4, 0.5) is 16.2 Å². The Morgan fingerprint density at radius 3 is 2.14 bits per heavy atom. The Bertz CT molecular complexity index is 1550. The van der Waals surface area contributed by atoms with Crippen LogP contribution in [-0.4, -0.2) is 47.4 Å². The lowest BCUT2D eigenvalue weighted by Gasteiger charge is -2.11. The minimum absolute atomic E-state index is 0.0101. The summed E-state index contributed by atoms with van der Waals surface area (Å²) >= 11 is 0.519. The molecule has 1 aliphatic rings. The first-order valence-electron chi connectivity index (χ1n) is 9.86. The monoisotopic (exact) mass is 497 g/mol. The Labute approximate surface area is 199 Å². The van der Waals surface area contributed by atoms with Crippen LogP contribution in [0.5, 0.6) is 0 Å². The van der Waals surface area contributed by atoms with Gasteiger partial charge in [-0.05, 0) is 36.0 Å². The lowest BCUT2D eigenvalue weighted by atomic mass is 10.1. The molecule has 2 aromatic carbocycles. The number of imide groups is 1. The molecule has 2 amide bonds. The maximum absolute atomic E-state index is 12.8. The molecule has 0 aliphatic carbocycles. The summed E-state index contributed by atoms with van der Waals surface area (Å²) in [5, 5.41) is 21.7. The lowest BCUT2D eigenvalue weighted by molar-refractivity contribution is -0.385. The van der Waals surface area contributed by atoms with Crippen LogP contribution in [-0.2, 0) is 18.9 Å². The molecule has 0 radical (unpaired) electrons. The summed E-state index contributed by atoms with van der Waals surface area (Å²) in [6.45, 7) is -0.603. The topological polar surface area (TPSA) is 168 Å². The molecule has 14 heteroatoms. The van der Waals surface area contributed by atoms with E-state index in [-0.39, 0.29) is 27.4 Å². The van der Waals surface area contributed by atoms with Crippen molar-refractivity contribution in [3.05, 3.63) is 83.1 Å². The molecular formula is C21H15N5O8S. The van der Waals surface area contributed by atoms with Gasteiger partial charge in [-0.3, -0.25) is 48.6 Å². The number of nitro groups is 2. The zero-order valence-corrected chi connectivity index (χ0v) is 19.0. The number of benzene rings is 2. The number of thioether (sulfide) groups is 1. The first kappa shape index (κ1) is 23.6. The number of rotatable bonds is 6. The summed E-state index contributed by atoms with van der Waals surface area (Å²) in [4.78, 5) is 71.7. The first-order chi connectivity index (χ1) is 16.5. The van der Waals surface area contributed by atoms with Crippen LogP contribution in [0.15, 0.2) is 46.1 Å². The van der Waals surface area contributed by atoms with Crippen LogP contribution >= 0.6 is 11.8 Å². The number of imidazole rings is 1. The van der Waals surface area contributed by atoms with E-state index in [4.69, 9.17) is 0 Å². The van der Waals surface area contributed by atoms with Crippen LogP contribution in [0, 0.1) is 20.2 Å². The van der Waals surface area contributed by atoms with E-state index in [1.54, 1.807) is 0 Å². The molecule has 0 saturated carbocycles. The van der Waals surface area contributed by atoms with Gasteiger partial charge in [0.2, 0.25) is 0 Å². The summed E-state index contributed by atoms with van der Waals surface area (Å²) in [6.07, 6.45) is 1.18. The van der Waals surface area contributed by atoms with Crippen molar-refractivity contribution in [3.63, 3.8) is 0 Å². The molecule has 1 fully saturated rings. The number of fused-ring (bicyclic) bond motifs is 1. The van der Waals surface area contributed by atoms with E-state index in [9.17, 15) is 39.4 Å². The summed E-state index contributed by atoms with van der Waals surface area (Å²) in [5.41, 5.74) is -0.181. The van der Waals surface area contributed by atoms with Crippen LogP contribution in [0.1, 0.15) is 15.9 Å². The zero-order valence-electron chi connectivity index (χ0n) is 18.2. The molecule has 1 aromatic heterocycles. The second-order valence-electron chi connectivity index (χ2n) is 7.55. The molecule has 178 valence electrons. The fourth-order valence-electron chi connectivity index (χ4n) is 3.61. The predicted octanol–water partition coefficient (Wildman–Crippen LogP) is 2.61. The Kier molecular flexibility index (Phi) is 5.82.